The maximum absolute atomic E-state index is 13.3. The summed E-state index contributed by atoms with van der Waals surface area (Å²) in [6.45, 7) is 0.700. The summed E-state index contributed by atoms with van der Waals surface area (Å²) >= 11 is 1.37. The molecule has 0 aliphatic carbocycles. The number of carbonyl (C=O) groups is 2. The zero-order chi connectivity index (χ0) is 18.8. The van der Waals surface area contributed by atoms with Crippen LogP contribution in [0.2, 0.25) is 0 Å². The standard InChI is InChI=1S/C20H18FN3O2S/c21-13-4-1-5-14(12-13)23-19(25)18-9-8-17(27-18)16-7-3-11-24(16)20(26)15-6-2-10-22-15/h1-2,4-6,8-10,12,16,22H,3,7,11H2,(H,23,25). The Labute approximate surface area is 159 Å². The highest BCUT2D eigenvalue weighted by Crippen LogP contribution is 2.36. The lowest BCUT2D eigenvalue weighted by molar-refractivity contribution is 0.0732. The van der Waals surface area contributed by atoms with Crippen LogP contribution >= 0.6 is 11.3 Å². The molecule has 3 heterocycles. The van der Waals surface area contributed by atoms with E-state index in [4.69, 9.17) is 0 Å². The van der Waals surface area contributed by atoms with E-state index in [-0.39, 0.29) is 17.9 Å². The summed E-state index contributed by atoms with van der Waals surface area (Å²) in [7, 11) is 0. The Morgan fingerprint density at radius 3 is 2.85 bits per heavy atom. The van der Waals surface area contributed by atoms with Crippen LogP contribution < -0.4 is 5.32 Å². The van der Waals surface area contributed by atoms with Crippen molar-refractivity contribution < 1.29 is 14.0 Å². The molecule has 1 aliphatic heterocycles. The van der Waals surface area contributed by atoms with Crippen molar-refractivity contribution in [1.82, 2.24) is 9.88 Å². The van der Waals surface area contributed by atoms with Gasteiger partial charge in [0.25, 0.3) is 11.8 Å². The zero-order valence-electron chi connectivity index (χ0n) is 14.4. The Morgan fingerprint density at radius 1 is 1.19 bits per heavy atom. The van der Waals surface area contributed by atoms with E-state index < -0.39 is 5.82 Å². The fourth-order valence-corrected chi connectivity index (χ4v) is 4.39. The fraction of sp³-hybridized carbons (Fsp3) is 0.200. The van der Waals surface area contributed by atoms with Crippen LogP contribution in [0.5, 0.6) is 0 Å². The monoisotopic (exact) mass is 383 g/mol. The van der Waals surface area contributed by atoms with Gasteiger partial charge in [0, 0.05) is 23.3 Å². The van der Waals surface area contributed by atoms with E-state index in [0.29, 0.717) is 22.8 Å². The molecule has 1 unspecified atom stereocenters. The normalized spacial score (nSPS) is 16.5. The molecule has 0 bridgehead atoms. The lowest BCUT2D eigenvalue weighted by Gasteiger charge is -2.23. The van der Waals surface area contributed by atoms with E-state index in [1.807, 2.05) is 11.0 Å². The number of aromatic amines is 1. The van der Waals surface area contributed by atoms with Gasteiger partial charge in [0.1, 0.15) is 11.5 Å². The molecule has 0 spiro atoms. The van der Waals surface area contributed by atoms with Gasteiger partial charge in [-0.15, -0.1) is 11.3 Å². The molecule has 1 aromatic carbocycles. The quantitative estimate of drug-likeness (QED) is 0.699. The molecule has 5 nitrogen and oxygen atoms in total. The minimum absolute atomic E-state index is 0.0262. The molecule has 138 valence electrons. The van der Waals surface area contributed by atoms with Gasteiger partial charge in [-0.3, -0.25) is 9.59 Å². The van der Waals surface area contributed by atoms with Crippen LogP contribution in [0.1, 0.15) is 43.9 Å². The van der Waals surface area contributed by atoms with Crippen molar-refractivity contribution in [2.24, 2.45) is 0 Å². The molecule has 2 N–H and O–H groups in total. The molecule has 2 amide bonds. The van der Waals surface area contributed by atoms with Gasteiger partial charge in [0.05, 0.1) is 10.9 Å². The number of nitrogens with zero attached hydrogens (tertiary/aromatic N) is 1. The van der Waals surface area contributed by atoms with E-state index in [0.717, 1.165) is 17.7 Å². The van der Waals surface area contributed by atoms with Gasteiger partial charge in [0.15, 0.2) is 0 Å². The van der Waals surface area contributed by atoms with Crippen molar-refractivity contribution in [3.63, 3.8) is 0 Å². The number of amides is 2. The molecular weight excluding hydrogens is 365 g/mol. The van der Waals surface area contributed by atoms with Crippen LogP contribution in [0.3, 0.4) is 0 Å². The number of aromatic nitrogens is 1. The summed E-state index contributed by atoms with van der Waals surface area (Å²) in [5, 5.41) is 2.71. The van der Waals surface area contributed by atoms with Crippen molar-refractivity contribution >= 4 is 28.8 Å². The van der Waals surface area contributed by atoms with Crippen molar-refractivity contribution in [2.45, 2.75) is 18.9 Å². The number of benzene rings is 1. The number of H-pyrrole nitrogens is 1. The first-order chi connectivity index (χ1) is 13.1. The Kier molecular flexibility index (Phi) is 4.77. The highest BCUT2D eigenvalue weighted by atomic mass is 32.1. The average Bonchev–Trinajstić information content (AvgIpc) is 3.41. The van der Waals surface area contributed by atoms with Gasteiger partial charge in [-0.2, -0.15) is 0 Å². The molecule has 7 heteroatoms. The third kappa shape index (κ3) is 3.64. The summed E-state index contributed by atoms with van der Waals surface area (Å²) in [6.07, 6.45) is 3.54. The number of halogens is 1. The third-order valence-electron chi connectivity index (χ3n) is 4.60. The molecular formula is C20H18FN3O2S. The lowest BCUT2D eigenvalue weighted by Crippen LogP contribution is -2.30. The second-order valence-electron chi connectivity index (χ2n) is 6.41. The fourth-order valence-electron chi connectivity index (χ4n) is 3.34. The second-order valence-corrected chi connectivity index (χ2v) is 7.52. The van der Waals surface area contributed by atoms with Gasteiger partial charge in [-0.1, -0.05) is 6.07 Å². The third-order valence-corrected chi connectivity index (χ3v) is 5.79. The van der Waals surface area contributed by atoms with Gasteiger partial charge in [0.2, 0.25) is 0 Å². The molecule has 27 heavy (non-hydrogen) atoms. The molecule has 2 aromatic heterocycles. The second kappa shape index (κ2) is 7.36. The molecule has 1 atom stereocenters. The number of carbonyl (C=O) groups excluding carboxylic acids is 2. The first-order valence-electron chi connectivity index (χ1n) is 8.73. The summed E-state index contributed by atoms with van der Waals surface area (Å²) in [6, 6.07) is 13.0. The van der Waals surface area contributed by atoms with E-state index in [1.165, 1.54) is 23.5 Å². The number of nitrogens with one attached hydrogen (secondary N) is 2. The highest BCUT2D eigenvalue weighted by Gasteiger charge is 2.32. The number of hydrogen-bond donors (Lipinski definition) is 2. The molecule has 1 aliphatic rings. The molecule has 0 radical (unpaired) electrons. The molecule has 4 rings (SSSR count). The summed E-state index contributed by atoms with van der Waals surface area (Å²) in [5.41, 5.74) is 0.988. The minimum Gasteiger partial charge on any atom is -0.357 e. The predicted octanol–water partition coefficient (Wildman–Crippen LogP) is 4.44. The topological polar surface area (TPSA) is 65.2 Å². The number of hydrogen-bond acceptors (Lipinski definition) is 3. The molecule has 3 aromatic rings. The zero-order valence-corrected chi connectivity index (χ0v) is 15.3. The molecule has 1 saturated heterocycles. The van der Waals surface area contributed by atoms with E-state index in [2.05, 4.69) is 10.3 Å². The lowest BCUT2D eigenvalue weighted by atomic mass is 10.2. The smallest absolute Gasteiger partial charge is 0.270 e. The maximum Gasteiger partial charge on any atom is 0.270 e. The Hall–Kier alpha value is -2.93. The van der Waals surface area contributed by atoms with Crippen molar-refractivity contribution in [2.75, 3.05) is 11.9 Å². The van der Waals surface area contributed by atoms with Gasteiger partial charge in [-0.05, 0) is 55.3 Å². The first-order valence-corrected chi connectivity index (χ1v) is 9.54. The van der Waals surface area contributed by atoms with Crippen molar-refractivity contribution in [1.29, 1.82) is 0 Å². The van der Waals surface area contributed by atoms with Gasteiger partial charge < -0.3 is 15.2 Å². The maximum atomic E-state index is 13.3. The Morgan fingerprint density at radius 2 is 2.07 bits per heavy atom. The van der Waals surface area contributed by atoms with Crippen molar-refractivity contribution in [3.8, 4) is 0 Å². The van der Waals surface area contributed by atoms with E-state index >= 15 is 0 Å². The van der Waals surface area contributed by atoms with Gasteiger partial charge >= 0.3 is 0 Å². The largest absolute Gasteiger partial charge is 0.357 e. The van der Waals surface area contributed by atoms with Crippen LogP contribution in [0.25, 0.3) is 0 Å². The summed E-state index contributed by atoms with van der Waals surface area (Å²) in [4.78, 5) is 31.5. The summed E-state index contributed by atoms with van der Waals surface area (Å²) in [5.74, 6) is -0.706. The Balaban J connectivity index is 1.49. The SMILES string of the molecule is O=C(Nc1cccc(F)c1)c1ccc(C2CCCN2C(=O)c2ccc[nH]2)s1. The van der Waals surface area contributed by atoms with Gasteiger partial charge in [-0.25, -0.2) is 4.39 Å². The van der Waals surface area contributed by atoms with Crippen LogP contribution in [0.15, 0.2) is 54.7 Å². The number of rotatable bonds is 4. The predicted molar refractivity (Wildman–Crippen MR) is 102 cm³/mol. The van der Waals surface area contributed by atoms with E-state index in [1.54, 1.807) is 36.5 Å². The molecule has 0 saturated carbocycles. The van der Waals surface area contributed by atoms with E-state index in [9.17, 15) is 14.0 Å². The Bertz CT molecular complexity index is 967. The minimum atomic E-state index is -0.399. The van der Waals surface area contributed by atoms with Crippen LogP contribution in [0, 0.1) is 5.82 Å². The van der Waals surface area contributed by atoms with Crippen LogP contribution in [-0.2, 0) is 0 Å². The number of likely N-dealkylation sites (tertiary alicyclic amines) is 1. The number of anilines is 1. The number of thiophene rings is 1. The van der Waals surface area contributed by atoms with Crippen molar-refractivity contribution in [3.05, 3.63) is 76.0 Å². The molecule has 1 fully saturated rings. The first kappa shape index (κ1) is 17.5. The average molecular weight is 383 g/mol. The summed E-state index contributed by atoms with van der Waals surface area (Å²) < 4.78 is 13.3. The van der Waals surface area contributed by atoms with Crippen LogP contribution in [0.4, 0.5) is 10.1 Å². The van der Waals surface area contributed by atoms with Crippen LogP contribution in [-0.4, -0.2) is 28.2 Å². The highest BCUT2D eigenvalue weighted by molar-refractivity contribution is 7.14.